The summed E-state index contributed by atoms with van der Waals surface area (Å²) in [7, 11) is -5.84. The molecule has 0 amide bonds. The van der Waals surface area contributed by atoms with Crippen molar-refractivity contribution in [3.05, 3.63) is 72.9 Å². The van der Waals surface area contributed by atoms with Crippen LogP contribution in [0.3, 0.4) is 0 Å². The van der Waals surface area contributed by atoms with Gasteiger partial charge in [0.25, 0.3) is 0 Å². The van der Waals surface area contributed by atoms with E-state index < -0.39 is 7.25 Å². The minimum Gasteiger partial charge on any atom is -0.418 e. The van der Waals surface area contributed by atoms with E-state index in [0.29, 0.717) is 0 Å². The standard InChI is InChI=1S/C18H28P2.2C8H12.BF4.Rh/c1-13-9-10-14(2)19(13)17-7-5-6-8-18(17)20-15(3)11-12-16(20)4;2*1-2-4-6-8-7-5-3-1;2-1(3,4)5;/h5-8,13-16H,9-12H2,1-4H3;2*1-2,7-8H,3-6H2;;/q;;;-1;/b;2*2-1-,8-7-;;/t13-,14-,15-,16-;;;;/m1..../s1. The zero-order valence-corrected chi connectivity index (χ0v) is 29.5. The summed E-state index contributed by atoms with van der Waals surface area (Å²) in [5.74, 6) is 0. The van der Waals surface area contributed by atoms with Crippen LogP contribution >= 0.6 is 15.8 Å². The van der Waals surface area contributed by atoms with Gasteiger partial charge in [-0.3, -0.25) is 0 Å². The molecule has 4 aliphatic rings. The molecule has 0 unspecified atom stereocenters. The van der Waals surface area contributed by atoms with E-state index in [2.05, 4.69) is 101 Å². The van der Waals surface area contributed by atoms with Crippen LogP contribution in [0.5, 0.6) is 0 Å². The molecule has 0 nitrogen and oxygen atoms in total. The minimum atomic E-state index is -6.00. The van der Waals surface area contributed by atoms with Crippen LogP contribution in [0, 0.1) is 0 Å². The molecule has 8 heteroatoms. The largest absolute Gasteiger partial charge is 0.673 e. The van der Waals surface area contributed by atoms with Crippen molar-refractivity contribution in [3.8, 4) is 0 Å². The third-order valence-electron chi connectivity index (χ3n) is 8.01. The summed E-state index contributed by atoms with van der Waals surface area (Å²) in [6.07, 6.45) is 33.8. The molecule has 1 aromatic carbocycles. The normalized spacial score (nSPS) is 29.1. The third kappa shape index (κ3) is 16.0. The fraction of sp³-hybridized carbons (Fsp3) is 0.588. The predicted octanol–water partition coefficient (Wildman–Crippen LogP) is 11.7. The van der Waals surface area contributed by atoms with Crippen LogP contribution in [0.25, 0.3) is 0 Å². The quantitative estimate of drug-likeness (QED) is 0.124. The van der Waals surface area contributed by atoms with E-state index in [0.717, 1.165) is 22.6 Å². The van der Waals surface area contributed by atoms with Crippen molar-refractivity contribution >= 4 is 33.7 Å². The molecule has 1 aromatic rings. The summed E-state index contributed by atoms with van der Waals surface area (Å²) in [6, 6.07) is 9.55. The number of allylic oxidation sites excluding steroid dienone is 8. The molecule has 2 heterocycles. The van der Waals surface area contributed by atoms with Gasteiger partial charge in [-0.2, -0.15) is 0 Å². The number of benzene rings is 1. The molecule has 0 N–H and O–H groups in total. The fourth-order valence-electron chi connectivity index (χ4n) is 5.95. The van der Waals surface area contributed by atoms with Crippen LogP contribution < -0.4 is 10.6 Å². The molecular weight excluding hydrogens is 660 g/mol. The van der Waals surface area contributed by atoms with Crippen molar-refractivity contribution in [2.45, 2.75) is 127 Å². The van der Waals surface area contributed by atoms with Crippen LogP contribution in [0.2, 0.25) is 0 Å². The van der Waals surface area contributed by atoms with Crippen LogP contribution in [0.15, 0.2) is 72.9 Å². The molecule has 1 radical (unpaired) electrons. The molecule has 2 aliphatic heterocycles. The van der Waals surface area contributed by atoms with Crippen molar-refractivity contribution in [1.82, 2.24) is 0 Å². The molecule has 4 atom stereocenters. The predicted molar refractivity (Wildman–Crippen MR) is 180 cm³/mol. The van der Waals surface area contributed by atoms with E-state index in [1.54, 1.807) is 10.6 Å². The summed E-state index contributed by atoms with van der Waals surface area (Å²) >= 11 is 0. The molecule has 5 rings (SSSR count). The Morgan fingerprint density at radius 3 is 0.857 bits per heavy atom. The van der Waals surface area contributed by atoms with Gasteiger partial charge in [-0.05, 0) is 110 Å². The Hall–Kier alpha value is -0.552. The number of hydrogen-bond acceptors (Lipinski definition) is 0. The van der Waals surface area contributed by atoms with E-state index in [1.165, 1.54) is 77.0 Å². The Bertz CT molecular complexity index is 830. The first-order valence-corrected chi connectivity index (χ1v) is 18.7. The van der Waals surface area contributed by atoms with Gasteiger partial charge in [0.15, 0.2) is 0 Å². The van der Waals surface area contributed by atoms with E-state index in [1.807, 2.05) is 0 Å². The smallest absolute Gasteiger partial charge is 0.418 e. The maximum Gasteiger partial charge on any atom is 0.673 e. The summed E-state index contributed by atoms with van der Waals surface area (Å²) in [4.78, 5) is 0. The fourth-order valence-corrected chi connectivity index (χ4v) is 13.2. The van der Waals surface area contributed by atoms with Crippen LogP contribution in [0.1, 0.15) is 105 Å². The van der Waals surface area contributed by atoms with Crippen LogP contribution in [-0.2, 0) is 19.5 Å². The summed E-state index contributed by atoms with van der Waals surface area (Å²) in [5, 5.41) is 3.57. The maximum absolute atomic E-state index is 9.75. The van der Waals surface area contributed by atoms with Crippen LogP contribution in [-0.4, -0.2) is 29.9 Å². The second-order valence-electron chi connectivity index (χ2n) is 11.5. The van der Waals surface area contributed by atoms with Gasteiger partial charge < -0.3 is 17.3 Å². The Morgan fingerprint density at radius 2 is 0.667 bits per heavy atom. The average molecular weight is 712 g/mol. The van der Waals surface area contributed by atoms with Gasteiger partial charge in [0, 0.05) is 19.5 Å². The minimum absolute atomic E-state index is 0. The Morgan fingerprint density at radius 1 is 0.476 bits per heavy atom. The van der Waals surface area contributed by atoms with Gasteiger partial charge in [-0.1, -0.05) is 116 Å². The Labute approximate surface area is 269 Å². The van der Waals surface area contributed by atoms with Crippen molar-refractivity contribution in [2.24, 2.45) is 0 Å². The van der Waals surface area contributed by atoms with Gasteiger partial charge in [-0.25, -0.2) is 0 Å². The molecule has 0 aromatic heterocycles. The van der Waals surface area contributed by atoms with E-state index >= 15 is 0 Å². The van der Waals surface area contributed by atoms with Crippen molar-refractivity contribution in [3.63, 3.8) is 0 Å². The average Bonchev–Trinajstić information content (AvgIpc) is 3.37. The third-order valence-corrected chi connectivity index (χ3v) is 14.9. The van der Waals surface area contributed by atoms with Gasteiger partial charge in [0.2, 0.25) is 0 Å². The van der Waals surface area contributed by atoms with E-state index in [-0.39, 0.29) is 35.3 Å². The molecule has 0 saturated carbocycles. The molecule has 239 valence electrons. The molecule has 2 fully saturated rings. The second kappa shape index (κ2) is 22.0. The van der Waals surface area contributed by atoms with E-state index in [4.69, 9.17) is 0 Å². The topological polar surface area (TPSA) is 0 Å². The van der Waals surface area contributed by atoms with Crippen molar-refractivity contribution in [2.75, 3.05) is 0 Å². The molecule has 0 bridgehead atoms. The zero-order chi connectivity index (χ0) is 30.1. The molecular formula is C34H52BF4P2Rh-. The number of hydrogen-bond donors (Lipinski definition) is 0. The number of rotatable bonds is 2. The Balaban J connectivity index is 0.000000332. The summed E-state index contributed by atoms with van der Waals surface area (Å²) in [5.41, 5.74) is 3.74. The maximum atomic E-state index is 9.75. The van der Waals surface area contributed by atoms with Gasteiger partial charge in [0.05, 0.1) is 0 Å². The van der Waals surface area contributed by atoms with Crippen molar-refractivity contribution < 1.29 is 36.7 Å². The van der Waals surface area contributed by atoms with Crippen LogP contribution in [0.4, 0.5) is 17.3 Å². The molecule has 42 heavy (non-hydrogen) atoms. The van der Waals surface area contributed by atoms with Crippen molar-refractivity contribution in [1.29, 1.82) is 0 Å². The molecule has 2 aliphatic carbocycles. The Kier molecular flexibility index (Phi) is 20.7. The number of halogens is 4. The molecule has 2 saturated heterocycles. The molecule has 0 spiro atoms. The first-order valence-electron chi connectivity index (χ1n) is 15.7. The summed E-state index contributed by atoms with van der Waals surface area (Å²) in [6.45, 7) is 10.0. The first kappa shape index (κ1) is 39.5. The van der Waals surface area contributed by atoms with Gasteiger partial charge in [-0.15, -0.1) is 0 Å². The van der Waals surface area contributed by atoms with E-state index in [9.17, 15) is 17.3 Å². The van der Waals surface area contributed by atoms with Gasteiger partial charge in [0.1, 0.15) is 0 Å². The first-order chi connectivity index (χ1) is 19.6. The van der Waals surface area contributed by atoms with Gasteiger partial charge >= 0.3 is 7.25 Å². The summed E-state index contributed by atoms with van der Waals surface area (Å²) < 4.78 is 39.0. The SMILES string of the molecule is C1=C\CC/C=C\CC/1.C1=C\CC/C=C\CC/1.C[C@@H]1CC[C@@H](C)P1c1ccccc1P1[C@H](C)CC[C@H]1C.F[B-](F)(F)F.[Rh]. The monoisotopic (exact) mass is 712 g/mol. The second-order valence-corrected chi connectivity index (χ2v) is 17.7. The zero-order valence-electron chi connectivity index (χ0n) is 26.0.